The topological polar surface area (TPSA) is 57.5 Å². The number of aliphatic hydroxyl groups excluding tert-OH is 1. The van der Waals surface area contributed by atoms with Gasteiger partial charge < -0.3 is 10.2 Å². The van der Waals surface area contributed by atoms with E-state index in [1.807, 2.05) is 6.92 Å². The minimum absolute atomic E-state index is 0.00404. The maximum Gasteiger partial charge on any atom is 0.164 e. The lowest BCUT2D eigenvalue weighted by Gasteiger charge is -2.65. The van der Waals surface area contributed by atoms with E-state index in [-0.39, 0.29) is 28.6 Å². The number of hydrogen-bond donors (Lipinski definition) is 2. The predicted octanol–water partition coefficient (Wildman–Crippen LogP) is 3.71. The number of Topliss-reactive ketones (excluding diaryl/α,β-unsaturated/α-hetero) is 1. The molecule has 0 amide bonds. The molecule has 0 aromatic carbocycles. The second-order valence-electron chi connectivity index (χ2n) is 9.84. The Bertz CT molecular complexity index is 499. The average molecular weight is 322 g/mol. The van der Waals surface area contributed by atoms with Gasteiger partial charge in [-0.2, -0.15) is 0 Å². The van der Waals surface area contributed by atoms with Gasteiger partial charge in [0.1, 0.15) is 6.61 Å². The van der Waals surface area contributed by atoms with Crippen molar-refractivity contribution in [1.29, 1.82) is 0 Å². The van der Waals surface area contributed by atoms with Crippen LogP contribution in [0.3, 0.4) is 0 Å². The second-order valence-corrected chi connectivity index (χ2v) is 9.84. The van der Waals surface area contributed by atoms with Gasteiger partial charge in [0.05, 0.1) is 5.60 Å². The third kappa shape index (κ3) is 2.33. The lowest BCUT2D eigenvalue weighted by atomic mass is 9.42. The van der Waals surface area contributed by atoms with E-state index in [1.165, 1.54) is 6.42 Å². The smallest absolute Gasteiger partial charge is 0.164 e. The maximum absolute atomic E-state index is 12.2. The summed E-state index contributed by atoms with van der Waals surface area (Å²) in [5, 5.41) is 20.9. The molecule has 2 N–H and O–H groups in total. The van der Waals surface area contributed by atoms with Gasteiger partial charge >= 0.3 is 0 Å². The fourth-order valence-corrected chi connectivity index (χ4v) is 6.42. The highest BCUT2D eigenvalue weighted by Crippen LogP contribution is 2.66. The first-order valence-electron chi connectivity index (χ1n) is 9.46. The Kier molecular flexibility index (Phi) is 4.01. The molecular weight excluding hydrogens is 288 g/mol. The van der Waals surface area contributed by atoms with Crippen molar-refractivity contribution in [2.75, 3.05) is 6.61 Å². The summed E-state index contributed by atoms with van der Waals surface area (Å²) in [6.07, 6.45) is 8.06. The van der Waals surface area contributed by atoms with Crippen LogP contribution in [0.15, 0.2) is 0 Å². The van der Waals surface area contributed by atoms with Gasteiger partial charge in [0, 0.05) is 5.41 Å². The van der Waals surface area contributed by atoms with Crippen molar-refractivity contribution in [3.8, 4) is 0 Å². The number of hydrogen-bond acceptors (Lipinski definition) is 3. The van der Waals surface area contributed by atoms with Gasteiger partial charge in [-0.25, -0.2) is 0 Å². The zero-order valence-electron chi connectivity index (χ0n) is 15.3. The SMILES string of the molecule is CC1(C(=O)CO)CCC2(C)C(CCC3(O)C2CCCC3(C)C)C1. The normalized spacial score (nSPS) is 49.1. The van der Waals surface area contributed by atoms with Gasteiger partial charge in [-0.05, 0) is 67.6 Å². The fraction of sp³-hybridized carbons (Fsp3) is 0.950. The summed E-state index contributed by atoms with van der Waals surface area (Å²) >= 11 is 0. The van der Waals surface area contributed by atoms with Gasteiger partial charge in [0.15, 0.2) is 5.78 Å². The lowest BCUT2D eigenvalue weighted by Crippen LogP contribution is -2.64. The highest BCUT2D eigenvalue weighted by molar-refractivity contribution is 5.85. The van der Waals surface area contributed by atoms with Crippen molar-refractivity contribution in [1.82, 2.24) is 0 Å². The molecule has 3 heteroatoms. The van der Waals surface area contributed by atoms with Crippen molar-refractivity contribution < 1.29 is 15.0 Å². The van der Waals surface area contributed by atoms with E-state index in [9.17, 15) is 15.0 Å². The van der Waals surface area contributed by atoms with Crippen LogP contribution in [0.5, 0.6) is 0 Å². The molecule has 5 atom stereocenters. The van der Waals surface area contributed by atoms with E-state index in [2.05, 4.69) is 20.8 Å². The van der Waals surface area contributed by atoms with E-state index >= 15 is 0 Å². The third-order valence-corrected chi connectivity index (χ3v) is 8.37. The Morgan fingerprint density at radius 3 is 2.39 bits per heavy atom. The first-order chi connectivity index (χ1) is 10.6. The molecular formula is C20H34O3. The van der Waals surface area contributed by atoms with Crippen LogP contribution >= 0.6 is 0 Å². The number of aliphatic hydroxyl groups is 2. The Labute approximate surface area is 140 Å². The minimum Gasteiger partial charge on any atom is -0.389 e. The first-order valence-corrected chi connectivity index (χ1v) is 9.46. The average Bonchev–Trinajstić information content (AvgIpc) is 2.49. The van der Waals surface area contributed by atoms with Crippen molar-refractivity contribution in [3.05, 3.63) is 0 Å². The molecule has 0 aliphatic heterocycles. The Morgan fingerprint density at radius 2 is 1.74 bits per heavy atom. The first kappa shape index (κ1) is 17.4. The quantitative estimate of drug-likeness (QED) is 0.815. The van der Waals surface area contributed by atoms with Gasteiger partial charge in [0.25, 0.3) is 0 Å². The monoisotopic (exact) mass is 322 g/mol. The van der Waals surface area contributed by atoms with E-state index < -0.39 is 5.60 Å². The molecule has 3 saturated carbocycles. The van der Waals surface area contributed by atoms with Crippen molar-refractivity contribution >= 4 is 5.78 Å². The summed E-state index contributed by atoms with van der Waals surface area (Å²) in [4.78, 5) is 12.2. The van der Waals surface area contributed by atoms with Gasteiger partial charge in [-0.3, -0.25) is 4.79 Å². The number of fused-ring (bicyclic) bond motifs is 3. The standard InChI is InChI=1S/C20H34O3/c1-17(2)8-5-6-15-19(4)11-10-18(3,16(22)13-21)12-14(19)7-9-20(15,17)23/h14-15,21,23H,5-13H2,1-4H3. The predicted molar refractivity (Wildman–Crippen MR) is 91.0 cm³/mol. The molecule has 0 aromatic rings. The van der Waals surface area contributed by atoms with Gasteiger partial charge in [-0.15, -0.1) is 0 Å². The maximum atomic E-state index is 12.2. The van der Waals surface area contributed by atoms with Crippen LogP contribution in [-0.4, -0.2) is 28.2 Å². The molecule has 0 saturated heterocycles. The Hall–Kier alpha value is -0.410. The molecule has 5 unspecified atom stereocenters. The molecule has 3 fully saturated rings. The van der Waals surface area contributed by atoms with Crippen LogP contribution in [0.25, 0.3) is 0 Å². The molecule has 3 aliphatic rings. The summed E-state index contributed by atoms with van der Waals surface area (Å²) in [7, 11) is 0. The lowest BCUT2D eigenvalue weighted by molar-refractivity contribution is -0.226. The third-order valence-electron chi connectivity index (χ3n) is 8.37. The zero-order valence-corrected chi connectivity index (χ0v) is 15.3. The summed E-state index contributed by atoms with van der Waals surface area (Å²) in [6, 6.07) is 0. The highest BCUT2D eigenvalue weighted by Gasteiger charge is 2.63. The van der Waals surface area contributed by atoms with E-state index in [4.69, 9.17) is 0 Å². The number of carbonyl (C=O) groups is 1. The fourth-order valence-electron chi connectivity index (χ4n) is 6.42. The van der Waals surface area contributed by atoms with Gasteiger partial charge in [0.2, 0.25) is 0 Å². The molecule has 3 rings (SSSR count). The molecule has 3 aliphatic carbocycles. The van der Waals surface area contributed by atoms with Crippen LogP contribution in [0.1, 0.15) is 79.1 Å². The molecule has 0 spiro atoms. The molecule has 0 aromatic heterocycles. The van der Waals surface area contributed by atoms with E-state index in [0.717, 1.165) is 44.9 Å². The van der Waals surface area contributed by atoms with Crippen LogP contribution in [0.4, 0.5) is 0 Å². The highest BCUT2D eigenvalue weighted by atomic mass is 16.3. The molecule has 0 bridgehead atoms. The second kappa shape index (κ2) is 5.29. The minimum atomic E-state index is -0.550. The zero-order chi connectivity index (χ0) is 17.1. The van der Waals surface area contributed by atoms with Crippen molar-refractivity contribution in [2.45, 2.75) is 84.7 Å². The Morgan fingerprint density at radius 1 is 1.04 bits per heavy atom. The number of ketones is 1. The molecule has 132 valence electrons. The summed E-state index contributed by atoms with van der Waals surface area (Å²) in [5.41, 5.74) is -0.782. The van der Waals surface area contributed by atoms with Gasteiger partial charge in [-0.1, -0.05) is 34.1 Å². The molecule has 3 nitrogen and oxygen atoms in total. The number of carbonyl (C=O) groups excluding carboxylic acids is 1. The van der Waals surface area contributed by atoms with E-state index in [1.54, 1.807) is 0 Å². The Balaban J connectivity index is 1.90. The van der Waals surface area contributed by atoms with Crippen LogP contribution in [0, 0.1) is 28.1 Å². The van der Waals surface area contributed by atoms with Crippen LogP contribution in [-0.2, 0) is 4.79 Å². The van der Waals surface area contributed by atoms with Crippen molar-refractivity contribution in [3.63, 3.8) is 0 Å². The van der Waals surface area contributed by atoms with E-state index in [0.29, 0.717) is 11.8 Å². The van der Waals surface area contributed by atoms with Crippen LogP contribution < -0.4 is 0 Å². The summed E-state index contributed by atoms with van der Waals surface area (Å²) < 4.78 is 0. The summed E-state index contributed by atoms with van der Waals surface area (Å²) in [5.74, 6) is 0.853. The number of rotatable bonds is 2. The molecule has 23 heavy (non-hydrogen) atoms. The largest absolute Gasteiger partial charge is 0.389 e. The van der Waals surface area contributed by atoms with Crippen molar-refractivity contribution in [2.24, 2.45) is 28.1 Å². The molecule has 0 heterocycles. The van der Waals surface area contributed by atoms with Crippen LogP contribution in [0.2, 0.25) is 0 Å². The molecule has 0 radical (unpaired) electrons. The summed E-state index contributed by atoms with van der Waals surface area (Å²) in [6.45, 7) is 8.56.